The molecule has 8 heteroatoms. The molecule has 0 N–H and O–H groups in total. The van der Waals surface area contributed by atoms with Gasteiger partial charge >= 0.3 is 17.6 Å². The molecule has 0 aromatic heterocycles. The van der Waals surface area contributed by atoms with E-state index in [1.807, 2.05) is 62.4 Å². The summed E-state index contributed by atoms with van der Waals surface area (Å²) in [4.78, 5) is 0. The summed E-state index contributed by atoms with van der Waals surface area (Å²) in [6, 6.07) is 16.0. The fourth-order valence-electron chi connectivity index (χ4n) is 2.80. The average molecular weight is 425 g/mol. The van der Waals surface area contributed by atoms with Crippen LogP contribution in [0.15, 0.2) is 48.5 Å². The first-order valence-electron chi connectivity index (χ1n) is 8.82. The Morgan fingerprint density at radius 3 is 1.32 bits per heavy atom. The van der Waals surface area contributed by atoms with Crippen molar-refractivity contribution in [1.82, 2.24) is 0 Å². The minimum atomic E-state index is -2.62. The highest BCUT2D eigenvalue weighted by molar-refractivity contribution is 6.75. The molecule has 28 heavy (non-hydrogen) atoms. The van der Waals surface area contributed by atoms with E-state index < -0.39 is 17.6 Å². The van der Waals surface area contributed by atoms with Gasteiger partial charge in [0.25, 0.3) is 0 Å². The van der Waals surface area contributed by atoms with Gasteiger partial charge in [0.1, 0.15) is 0 Å². The SMILES string of the molecule is CO[Si](OC)(OC)c1ccc(C)cc1.CO[Si](OC)(OC)c1cccc(C)c1. The third-order valence-corrected chi connectivity index (χ3v) is 9.67. The highest BCUT2D eigenvalue weighted by Crippen LogP contribution is 2.08. The summed E-state index contributed by atoms with van der Waals surface area (Å²) >= 11 is 0. The van der Waals surface area contributed by atoms with Gasteiger partial charge in [-0.25, -0.2) is 0 Å². The third-order valence-electron chi connectivity index (χ3n) is 4.39. The van der Waals surface area contributed by atoms with E-state index in [1.54, 1.807) is 42.7 Å². The van der Waals surface area contributed by atoms with Gasteiger partial charge in [-0.05, 0) is 13.8 Å². The van der Waals surface area contributed by atoms with Gasteiger partial charge in [0.15, 0.2) is 0 Å². The van der Waals surface area contributed by atoms with Crippen LogP contribution in [0.5, 0.6) is 0 Å². The lowest BCUT2D eigenvalue weighted by Crippen LogP contribution is -2.54. The minimum Gasteiger partial charge on any atom is -0.373 e. The molecule has 0 bridgehead atoms. The second-order valence-electron chi connectivity index (χ2n) is 6.07. The number of hydrogen-bond donors (Lipinski definition) is 0. The Hall–Kier alpha value is -1.37. The number of benzene rings is 2. The van der Waals surface area contributed by atoms with E-state index >= 15 is 0 Å². The minimum absolute atomic E-state index is 0.982. The molecule has 0 amide bonds. The Labute approximate surface area is 171 Å². The highest BCUT2D eigenvalue weighted by atomic mass is 28.4. The molecule has 0 heterocycles. The molecule has 0 spiro atoms. The summed E-state index contributed by atoms with van der Waals surface area (Å²) in [7, 11) is 4.43. The molecule has 0 aliphatic heterocycles. The van der Waals surface area contributed by atoms with Gasteiger partial charge < -0.3 is 26.6 Å². The van der Waals surface area contributed by atoms with Crippen LogP contribution in [-0.2, 0) is 26.6 Å². The zero-order chi connectivity index (χ0) is 21.2. The van der Waals surface area contributed by atoms with Crippen molar-refractivity contribution in [2.24, 2.45) is 0 Å². The molecule has 2 aromatic rings. The number of hydrogen-bond acceptors (Lipinski definition) is 6. The van der Waals surface area contributed by atoms with Gasteiger partial charge in [-0.2, -0.15) is 0 Å². The number of rotatable bonds is 8. The summed E-state index contributed by atoms with van der Waals surface area (Å²) < 4.78 is 32.2. The van der Waals surface area contributed by atoms with Gasteiger partial charge in [-0.1, -0.05) is 59.7 Å². The summed E-state index contributed by atoms with van der Waals surface area (Å²) in [5.74, 6) is 0. The van der Waals surface area contributed by atoms with Gasteiger partial charge in [-0.15, -0.1) is 0 Å². The first-order valence-corrected chi connectivity index (χ1v) is 12.3. The maximum absolute atomic E-state index is 5.37. The van der Waals surface area contributed by atoms with Crippen LogP contribution in [-0.4, -0.2) is 60.3 Å². The van der Waals surface area contributed by atoms with E-state index in [0.29, 0.717) is 0 Å². The van der Waals surface area contributed by atoms with Crippen LogP contribution in [0.25, 0.3) is 0 Å². The van der Waals surface area contributed by atoms with E-state index in [1.165, 1.54) is 11.1 Å². The molecule has 0 radical (unpaired) electrons. The molecule has 0 saturated carbocycles. The first-order chi connectivity index (χ1) is 13.4. The monoisotopic (exact) mass is 424 g/mol. The zero-order valence-corrected chi connectivity index (χ0v) is 20.1. The van der Waals surface area contributed by atoms with Crippen LogP contribution in [0, 0.1) is 13.8 Å². The van der Waals surface area contributed by atoms with Crippen molar-refractivity contribution in [3.8, 4) is 0 Å². The standard InChI is InChI=1S/2C10H16O3Si/c1-9-5-7-10(8-6-9)14(11-2,12-3)13-4;1-9-6-5-7-10(8-9)14(11-2,12-3)13-4/h2*5-8H,1-4H3. The molecule has 0 atom stereocenters. The second kappa shape index (κ2) is 11.6. The first kappa shape index (κ1) is 24.7. The lowest BCUT2D eigenvalue weighted by Gasteiger charge is -2.24. The van der Waals surface area contributed by atoms with Crippen molar-refractivity contribution in [3.05, 3.63) is 59.7 Å². The average Bonchev–Trinajstić information content (AvgIpc) is 2.73. The van der Waals surface area contributed by atoms with Crippen LogP contribution in [0.3, 0.4) is 0 Å². The normalized spacial score (nSPS) is 11.7. The van der Waals surface area contributed by atoms with Gasteiger partial charge in [0.2, 0.25) is 0 Å². The van der Waals surface area contributed by atoms with Gasteiger partial charge in [0.05, 0.1) is 0 Å². The molecule has 0 fully saturated rings. The molecule has 156 valence electrons. The molecule has 2 aromatic carbocycles. The lowest BCUT2D eigenvalue weighted by atomic mass is 10.2. The van der Waals surface area contributed by atoms with Crippen LogP contribution >= 0.6 is 0 Å². The maximum Gasteiger partial charge on any atom is 0.536 e. The fraction of sp³-hybridized carbons (Fsp3) is 0.400. The lowest BCUT2D eigenvalue weighted by molar-refractivity contribution is 0.140. The Morgan fingerprint density at radius 1 is 0.500 bits per heavy atom. The van der Waals surface area contributed by atoms with Crippen molar-refractivity contribution in [3.63, 3.8) is 0 Å². The van der Waals surface area contributed by atoms with Crippen LogP contribution in [0.1, 0.15) is 11.1 Å². The topological polar surface area (TPSA) is 55.4 Å². The van der Waals surface area contributed by atoms with E-state index in [0.717, 1.165) is 10.4 Å². The van der Waals surface area contributed by atoms with E-state index in [2.05, 4.69) is 0 Å². The van der Waals surface area contributed by atoms with Gasteiger partial charge in [-0.3, -0.25) is 0 Å². The predicted octanol–water partition coefficient (Wildman–Crippen LogP) is 2.16. The second-order valence-corrected chi connectivity index (χ2v) is 11.9. The Balaban J connectivity index is 0.000000280. The Kier molecular flexibility index (Phi) is 10.2. The molecule has 0 saturated heterocycles. The molecule has 0 aliphatic carbocycles. The van der Waals surface area contributed by atoms with Crippen molar-refractivity contribution in [2.75, 3.05) is 42.7 Å². The van der Waals surface area contributed by atoms with E-state index in [4.69, 9.17) is 26.6 Å². The maximum atomic E-state index is 5.37. The quantitative estimate of drug-likeness (QED) is 0.606. The van der Waals surface area contributed by atoms with Crippen LogP contribution in [0.4, 0.5) is 0 Å². The van der Waals surface area contributed by atoms with E-state index in [-0.39, 0.29) is 0 Å². The summed E-state index contributed by atoms with van der Waals surface area (Å²) in [5.41, 5.74) is 2.38. The smallest absolute Gasteiger partial charge is 0.373 e. The van der Waals surface area contributed by atoms with Crippen molar-refractivity contribution in [2.45, 2.75) is 13.8 Å². The summed E-state index contributed by atoms with van der Waals surface area (Å²) in [6.45, 7) is 4.07. The fourth-order valence-corrected chi connectivity index (χ4v) is 6.49. The van der Waals surface area contributed by atoms with Crippen molar-refractivity contribution >= 4 is 28.0 Å². The highest BCUT2D eigenvalue weighted by Gasteiger charge is 2.41. The largest absolute Gasteiger partial charge is 0.536 e. The molecule has 0 aliphatic rings. The van der Waals surface area contributed by atoms with Gasteiger partial charge in [0, 0.05) is 53.0 Å². The summed E-state index contributed by atoms with van der Waals surface area (Å²) in [5, 5.41) is 1.97. The number of aryl methyl sites for hydroxylation is 2. The van der Waals surface area contributed by atoms with Crippen molar-refractivity contribution < 1.29 is 26.6 Å². The Bertz CT molecular complexity index is 684. The van der Waals surface area contributed by atoms with Crippen molar-refractivity contribution in [1.29, 1.82) is 0 Å². The predicted molar refractivity (Wildman–Crippen MR) is 115 cm³/mol. The molecular formula is C20H32O6Si2. The Morgan fingerprint density at radius 2 is 0.929 bits per heavy atom. The van der Waals surface area contributed by atoms with Crippen LogP contribution < -0.4 is 10.4 Å². The molecular weight excluding hydrogens is 392 g/mol. The molecule has 0 unspecified atom stereocenters. The zero-order valence-electron chi connectivity index (χ0n) is 18.1. The van der Waals surface area contributed by atoms with Crippen LogP contribution in [0.2, 0.25) is 0 Å². The van der Waals surface area contributed by atoms with E-state index in [9.17, 15) is 0 Å². The molecule has 2 rings (SSSR count). The summed E-state index contributed by atoms with van der Waals surface area (Å²) in [6.07, 6.45) is 0. The molecule has 6 nitrogen and oxygen atoms in total. The third kappa shape index (κ3) is 5.82.